The van der Waals surface area contributed by atoms with Crippen LogP contribution in [0.1, 0.15) is 79.1 Å². The van der Waals surface area contributed by atoms with Crippen molar-refractivity contribution in [1.29, 1.82) is 0 Å². The van der Waals surface area contributed by atoms with Gasteiger partial charge in [0, 0.05) is 30.1 Å². The number of hydrogen-bond acceptors (Lipinski definition) is 0. The molecular formula is C24H34. The van der Waals surface area contributed by atoms with Crippen molar-refractivity contribution in [1.82, 2.24) is 0 Å². The lowest BCUT2D eigenvalue weighted by Gasteiger charge is -2.40. The van der Waals surface area contributed by atoms with Crippen molar-refractivity contribution in [3.05, 3.63) is 0 Å². The van der Waals surface area contributed by atoms with Gasteiger partial charge in [0.2, 0.25) is 0 Å². The fourth-order valence-electron chi connectivity index (χ4n) is 3.57. The van der Waals surface area contributed by atoms with E-state index in [1.54, 1.807) is 0 Å². The molecule has 0 spiro atoms. The average molecular weight is 323 g/mol. The third kappa shape index (κ3) is 6.39. The van der Waals surface area contributed by atoms with Crippen LogP contribution in [0.25, 0.3) is 0 Å². The molecule has 0 aliphatic carbocycles. The van der Waals surface area contributed by atoms with E-state index in [9.17, 15) is 0 Å². The third-order valence-corrected chi connectivity index (χ3v) is 4.92. The molecule has 4 atom stereocenters. The smallest absolute Gasteiger partial charge is 0.0488 e. The SMILES string of the molecule is C#CCCC(C)C#CC(CCC)(C(C#C)CCC)C(CC)CC#C. The van der Waals surface area contributed by atoms with Crippen LogP contribution in [-0.2, 0) is 0 Å². The van der Waals surface area contributed by atoms with Crippen molar-refractivity contribution < 1.29 is 0 Å². The molecule has 0 bridgehead atoms. The predicted molar refractivity (Wildman–Crippen MR) is 107 cm³/mol. The van der Waals surface area contributed by atoms with Crippen molar-refractivity contribution in [2.75, 3.05) is 0 Å². The Morgan fingerprint density at radius 1 is 0.958 bits per heavy atom. The lowest BCUT2D eigenvalue weighted by molar-refractivity contribution is 0.151. The molecule has 0 amide bonds. The van der Waals surface area contributed by atoms with Crippen LogP contribution in [0, 0.1) is 72.0 Å². The highest BCUT2D eigenvalue weighted by atomic mass is 14.4. The zero-order valence-electron chi connectivity index (χ0n) is 16.1. The number of terminal acetylenes is 3. The summed E-state index contributed by atoms with van der Waals surface area (Å²) < 4.78 is 0. The predicted octanol–water partition coefficient (Wildman–Crippen LogP) is 5.92. The molecule has 24 heavy (non-hydrogen) atoms. The van der Waals surface area contributed by atoms with Gasteiger partial charge in [0.15, 0.2) is 0 Å². The largest absolute Gasteiger partial charge is 0.120 e. The summed E-state index contributed by atoms with van der Waals surface area (Å²) in [5.74, 6) is 16.6. The molecule has 0 heterocycles. The van der Waals surface area contributed by atoms with Gasteiger partial charge in [-0.1, -0.05) is 58.8 Å². The van der Waals surface area contributed by atoms with Gasteiger partial charge < -0.3 is 0 Å². The van der Waals surface area contributed by atoms with E-state index < -0.39 is 0 Å². The summed E-state index contributed by atoms with van der Waals surface area (Å²) >= 11 is 0. The minimum absolute atomic E-state index is 0.160. The van der Waals surface area contributed by atoms with Gasteiger partial charge in [-0.25, -0.2) is 0 Å². The second-order valence-electron chi connectivity index (χ2n) is 6.72. The minimum Gasteiger partial charge on any atom is -0.120 e. The monoisotopic (exact) mass is 322 g/mol. The second kappa shape index (κ2) is 12.6. The van der Waals surface area contributed by atoms with Crippen molar-refractivity contribution in [3.8, 4) is 48.9 Å². The van der Waals surface area contributed by atoms with Crippen LogP contribution in [0.5, 0.6) is 0 Å². The highest BCUT2D eigenvalue weighted by molar-refractivity contribution is 5.23. The first-order chi connectivity index (χ1) is 11.6. The summed E-state index contributed by atoms with van der Waals surface area (Å²) in [4.78, 5) is 0. The summed E-state index contributed by atoms with van der Waals surface area (Å²) in [7, 11) is 0. The van der Waals surface area contributed by atoms with Crippen LogP contribution in [-0.4, -0.2) is 0 Å². The number of rotatable bonds is 10. The van der Waals surface area contributed by atoms with Gasteiger partial charge in [-0.3, -0.25) is 0 Å². The lowest BCUT2D eigenvalue weighted by Crippen LogP contribution is -2.36. The summed E-state index contributed by atoms with van der Waals surface area (Å²) in [6, 6.07) is 0. The zero-order chi connectivity index (χ0) is 18.4. The molecule has 130 valence electrons. The molecule has 0 saturated heterocycles. The molecule has 0 radical (unpaired) electrons. The van der Waals surface area contributed by atoms with Crippen LogP contribution in [0.4, 0.5) is 0 Å². The Hall–Kier alpha value is -1.76. The highest BCUT2D eigenvalue weighted by Gasteiger charge is 2.41. The highest BCUT2D eigenvalue weighted by Crippen LogP contribution is 2.45. The first kappa shape index (κ1) is 22.2. The van der Waals surface area contributed by atoms with Gasteiger partial charge in [-0.15, -0.1) is 37.0 Å². The topological polar surface area (TPSA) is 0 Å². The van der Waals surface area contributed by atoms with E-state index in [0.717, 1.165) is 51.4 Å². The average Bonchev–Trinajstić information content (AvgIpc) is 2.59. The van der Waals surface area contributed by atoms with Gasteiger partial charge >= 0.3 is 0 Å². The molecule has 0 aromatic heterocycles. The molecule has 0 fully saturated rings. The van der Waals surface area contributed by atoms with Crippen molar-refractivity contribution in [3.63, 3.8) is 0 Å². The van der Waals surface area contributed by atoms with E-state index in [4.69, 9.17) is 19.3 Å². The van der Waals surface area contributed by atoms with Crippen LogP contribution in [0.2, 0.25) is 0 Å². The minimum atomic E-state index is -0.176. The Labute approximate surface area is 151 Å². The van der Waals surface area contributed by atoms with Crippen molar-refractivity contribution in [2.45, 2.75) is 79.1 Å². The van der Waals surface area contributed by atoms with Crippen LogP contribution >= 0.6 is 0 Å². The second-order valence-corrected chi connectivity index (χ2v) is 6.72. The summed E-state index contributed by atoms with van der Waals surface area (Å²) in [5, 5.41) is 0. The maximum absolute atomic E-state index is 5.95. The van der Waals surface area contributed by atoms with Gasteiger partial charge in [-0.05, 0) is 25.2 Å². The van der Waals surface area contributed by atoms with E-state index in [1.165, 1.54) is 0 Å². The van der Waals surface area contributed by atoms with E-state index in [1.807, 2.05) is 0 Å². The molecule has 0 heteroatoms. The number of hydrogen-bond donors (Lipinski definition) is 0. The maximum atomic E-state index is 5.95. The maximum Gasteiger partial charge on any atom is 0.0488 e. The van der Waals surface area contributed by atoms with Crippen LogP contribution < -0.4 is 0 Å². The Morgan fingerprint density at radius 2 is 1.67 bits per heavy atom. The standard InChI is InChI=1S/C24H34/c1-8-14-17-21(7)18-20-24(19-11-4,22(12-5)15-9-2)23(13-6)16-10-3/h1-2,6,21-23H,10-12,14-17,19H2,3-5,7H3. The molecule has 0 saturated carbocycles. The van der Waals surface area contributed by atoms with Crippen molar-refractivity contribution >= 4 is 0 Å². The van der Waals surface area contributed by atoms with Gasteiger partial charge in [0.05, 0.1) is 0 Å². The van der Waals surface area contributed by atoms with Gasteiger partial charge in [0.25, 0.3) is 0 Å². The fourth-order valence-corrected chi connectivity index (χ4v) is 3.57. The molecule has 0 aliphatic rings. The summed E-state index contributed by atoms with van der Waals surface area (Å²) in [6.07, 6.45) is 24.6. The van der Waals surface area contributed by atoms with E-state index in [-0.39, 0.29) is 11.3 Å². The lowest BCUT2D eigenvalue weighted by atomic mass is 9.61. The van der Waals surface area contributed by atoms with E-state index in [0.29, 0.717) is 11.8 Å². The summed E-state index contributed by atoms with van der Waals surface area (Å²) in [6.45, 7) is 8.75. The Morgan fingerprint density at radius 3 is 2.12 bits per heavy atom. The van der Waals surface area contributed by atoms with E-state index >= 15 is 0 Å². The molecule has 0 aromatic rings. The fraction of sp³-hybridized carbons (Fsp3) is 0.667. The van der Waals surface area contributed by atoms with Crippen molar-refractivity contribution in [2.24, 2.45) is 23.2 Å². The third-order valence-electron chi connectivity index (χ3n) is 4.92. The molecule has 0 N–H and O–H groups in total. The van der Waals surface area contributed by atoms with Gasteiger partial charge in [-0.2, -0.15) is 0 Å². The molecular weight excluding hydrogens is 288 g/mol. The first-order valence-electron chi connectivity index (χ1n) is 9.41. The molecule has 0 aliphatic heterocycles. The molecule has 4 unspecified atom stereocenters. The summed E-state index contributed by atoms with van der Waals surface area (Å²) in [5.41, 5.74) is -0.176. The quantitative estimate of drug-likeness (QED) is 0.438. The first-order valence-corrected chi connectivity index (χ1v) is 9.41. The Bertz CT molecular complexity index is 522. The molecule has 0 rings (SSSR count). The molecule has 0 nitrogen and oxygen atoms in total. The molecule has 0 aromatic carbocycles. The van der Waals surface area contributed by atoms with Crippen LogP contribution in [0.3, 0.4) is 0 Å². The van der Waals surface area contributed by atoms with Crippen LogP contribution in [0.15, 0.2) is 0 Å². The Kier molecular flexibility index (Phi) is 11.7. The van der Waals surface area contributed by atoms with Gasteiger partial charge in [0.1, 0.15) is 0 Å². The zero-order valence-corrected chi connectivity index (χ0v) is 16.1. The Balaban J connectivity index is 5.92. The normalized spacial score (nSPS) is 16.2. The van der Waals surface area contributed by atoms with E-state index in [2.05, 4.69) is 57.3 Å².